The molecule has 2 aromatic heterocycles. The maximum Gasteiger partial charge on any atom is 0.266 e. The average molecular weight is 304 g/mol. The number of carbonyl (C=O) groups is 1. The van der Waals surface area contributed by atoms with Crippen LogP contribution in [0.2, 0.25) is 0 Å². The number of aryl methyl sites for hydroxylation is 1. The zero-order valence-electron chi connectivity index (χ0n) is 11.9. The molecule has 2 aromatic rings. The lowest BCUT2D eigenvalue weighted by atomic mass is 10.2. The first-order valence-corrected chi connectivity index (χ1v) is 7.62. The molecule has 21 heavy (non-hydrogen) atoms. The number of carbonyl (C=O) groups excluding carboxylic acids is 1. The number of hydrogen-bond acceptors (Lipinski definition) is 6. The molecule has 0 spiro atoms. The quantitative estimate of drug-likeness (QED) is 0.846. The van der Waals surface area contributed by atoms with Crippen LogP contribution >= 0.6 is 11.3 Å². The Kier molecular flexibility index (Phi) is 3.94. The zero-order valence-corrected chi connectivity index (χ0v) is 12.8. The van der Waals surface area contributed by atoms with Gasteiger partial charge in [-0.2, -0.15) is 0 Å². The first-order chi connectivity index (χ1) is 10.2. The first kappa shape index (κ1) is 14.1. The van der Waals surface area contributed by atoms with Gasteiger partial charge < -0.3 is 9.64 Å². The molecule has 7 heteroatoms. The molecule has 0 bridgehead atoms. The Morgan fingerprint density at radius 3 is 2.90 bits per heavy atom. The molecule has 1 aliphatic rings. The minimum atomic E-state index is 0.0166. The van der Waals surface area contributed by atoms with Gasteiger partial charge in [-0.15, -0.1) is 11.3 Å². The van der Waals surface area contributed by atoms with E-state index in [0.29, 0.717) is 35.5 Å². The predicted octanol–water partition coefficient (Wildman–Crippen LogP) is 1.77. The summed E-state index contributed by atoms with van der Waals surface area (Å²) in [6, 6.07) is 1.84. The van der Waals surface area contributed by atoms with E-state index >= 15 is 0 Å². The molecule has 6 nitrogen and oxygen atoms in total. The van der Waals surface area contributed by atoms with Crippen LogP contribution in [-0.2, 0) is 4.74 Å². The topological polar surface area (TPSA) is 68.2 Å². The number of nitrogens with zero attached hydrogens (tertiary/aromatic N) is 4. The van der Waals surface area contributed by atoms with Crippen LogP contribution in [-0.4, -0.2) is 51.6 Å². The molecular weight excluding hydrogens is 288 g/mol. The molecule has 3 heterocycles. The van der Waals surface area contributed by atoms with Gasteiger partial charge >= 0.3 is 0 Å². The Morgan fingerprint density at radius 1 is 1.43 bits per heavy atom. The van der Waals surface area contributed by atoms with Gasteiger partial charge in [0.2, 0.25) is 0 Å². The van der Waals surface area contributed by atoms with Gasteiger partial charge in [-0.3, -0.25) is 4.79 Å². The second-order valence-corrected chi connectivity index (χ2v) is 5.93. The molecular formula is C14H16N4O2S. The Balaban J connectivity index is 1.89. The van der Waals surface area contributed by atoms with Crippen molar-refractivity contribution in [2.75, 3.05) is 19.8 Å². The maximum absolute atomic E-state index is 12.7. The fourth-order valence-electron chi connectivity index (χ4n) is 2.26. The van der Waals surface area contributed by atoms with Gasteiger partial charge in [0.05, 0.1) is 24.9 Å². The molecule has 1 fully saturated rings. The average Bonchev–Trinajstić information content (AvgIpc) is 2.90. The number of amides is 1. The normalized spacial score (nSPS) is 18.8. The maximum atomic E-state index is 12.7. The summed E-state index contributed by atoms with van der Waals surface area (Å²) >= 11 is 1.35. The third-order valence-corrected chi connectivity index (χ3v) is 4.52. The van der Waals surface area contributed by atoms with Crippen LogP contribution in [0.5, 0.6) is 0 Å². The number of rotatable bonds is 2. The van der Waals surface area contributed by atoms with Crippen molar-refractivity contribution < 1.29 is 9.53 Å². The Bertz CT molecular complexity index is 644. The van der Waals surface area contributed by atoms with Crippen molar-refractivity contribution in [1.82, 2.24) is 19.9 Å². The summed E-state index contributed by atoms with van der Waals surface area (Å²) in [6.45, 7) is 5.63. The van der Waals surface area contributed by atoms with E-state index in [9.17, 15) is 4.79 Å². The summed E-state index contributed by atoms with van der Waals surface area (Å²) in [5, 5.41) is 0.678. The second kappa shape index (κ2) is 5.87. The molecule has 1 amide bonds. The molecule has 3 rings (SSSR count). The summed E-state index contributed by atoms with van der Waals surface area (Å²) in [5.74, 6) is 0.572. The van der Waals surface area contributed by atoms with Crippen molar-refractivity contribution in [3.05, 3.63) is 29.0 Å². The highest BCUT2D eigenvalue weighted by molar-refractivity contribution is 7.17. The van der Waals surface area contributed by atoms with Crippen molar-refractivity contribution >= 4 is 17.2 Å². The largest absolute Gasteiger partial charge is 0.377 e. The van der Waals surface area contributed by atoms with Crippen molar-refractivity contribution in [3.8, 4) is 10.8 Å². The number of hydrogen-bond donors (Lipinski definition) is 0. The van der Waals surface area contributed by atoms with Crippen molar-refractivity contribution in [2.24, 2.45) is 0 Å². The van der Waals surface area contributed by atoms with Crippen LogP contribution in [0.4, 0.5) is 0 Å². The molecule has 110 valence electrons. The molecule has 0 aliphatic carbocycles. The molecule has 0 saturated carbocycles. The van der Waals surface area contributed by atoms with Gasteiger partial charge in [0.15, 0.2) is 10.8 Å². The Morgan fingerprint density at radius 2 is 2.19 bits per heavy atom. The smallest absolute Gasteiger partial charge is 0.266 e. The molecule has 1 aliphatic heterocycles. The third kappa shape index (κ3) is 2.79. The molecule has 0 unspecified atom stereocenters. The van der Waals surface area contributed by atoms with E-state index in [0.717, 1.165) is 5.69 Å². The van der Waals surface area contributed by atoms with Gasteiger partial charge in [-0.05, 0) is 19.9 Å². The number of thiazole rings is 1. The van der Waals surface area contributed by atoms with E-state index in [4.69, 9.17) is 4.74 Å². The second-order valence-electron chi connectivity index (χ2n) is 4.93. The molecule has 1 saturated heterocycles. The lowest BCUT2D eigenvalue weighted by Gasteiger charge is -2.33. The molecule has 0 radical (unpaired) electrons. The minimum Gasteiger partial charge on any atom is -0.377 e. The first-order valence-electron chi connectivity index (χ1n) is 6.80. The summed E-state index contributed by atoms with van der Waals surface area (Å²) in [7, 11) is 0. The Hall–Kier alpha value is -1.86. The van der Waals surface area contributed by atoms with Crippen molar-refractivity contribution in [3.63, 3.8) is 0 Å². The Labute approximate surface area is 126 Å². The van der Waals surface area contributed by atoms with Crippen LogP contribution in [0, 0.1) is 6.92 Å². The van der Waals surface area contributed by atoms with E-state index in [1.165, 1.54) is 11.3 Å². The van der Waals surface area contributed by atoms with Crippen LogP contribution < -0.4 is 0 Å². The molecule has 0 aromatic carbocycles. The van der Waals surface area contributed by atoms with E-state index in [1.54, 1.807) is 18.5 Å². The monoisotopic (exact) mass is 304 g/mol. The van der Waals surface area contributed by atoms with E-state index < -0.39 is 0 Å². The van der Waals surface area contributed by atoms with Crippen molar-refractivity contribution in [2.45, 2.75) is 19.9 Å². The third-order valence-electron chi connectivity index (χ3n) is 3.38. The molecule has 1 atom stereocenters. The van der Waals surface area contributed by atoms with Crippen LogP contribution in [0.15, 0.2) is 18.5 Å². The highest BCUT2D eigenvalue weighted by Crippen LogP contribution is 2.27. The van der Waals surface area contributed by atoms with E-state index in [-0.39, 0.29) is 11.9 Å². The standard InChI is InChI=1S/C14H16N4O2S/c1-9-8-20-7-6-18(9)14(19)11-10(2)17-13(21-11)12-15-4-3-5-16-12/h3-5,9H,6-8H2,1-2H3/t9-/m1/s1. The van der Waals surface area contributed by atoms with Crippen LogP contribution in [0.1, 0.15) is 22.3 Å². The van der Waals surface area contributed by atoms with Gasteiger partial charge in [0.25, 0.3) is 5.91 Å². The van der Waals surface area contributed by atoms with Crippen molar-refractivity contribution in [1.29, 1.82) is 0 Å². The molecule has 0 N–H and O–H groups in total. The summed E-state index contributed by atoms with van der Waals surface area (Å²) in [4.78, 5) is 28.0. The van der Waals surface area contributed by atoms with Crippen LogP contribution in [0.3, 0.4) is 0 Å². The fourth-order valence-corrected chi connectivity index (χ4v) is 3.23. The SMILES string of the molecule is Cc1nc(-c2ncccn2)sc1C(=O)N1CCOC[C@H]1C. The number of morpholine rings is 1. The van der Waals surface area contributed by atoms with E-state index in [1.807, 2.05) is 18.7 Å². The van der Waals surface area contributed by atoms with Gasteiger partial charge in [-0.1, -0.05) is 0 Å². The summed E-state index contributed by atoms with van der Waals surface area (Å²) in [5.41, 5.74) is 0.728. The predicted molar refractivity (Wildman–Crippen MR) is 79.2 cm³/mol. The lowest BCUT2D eigenvalue weighted by molar-refractivity contribution is 0.00381. The summed E-state index contributed by atoms with van der Waals surface area (Å²) in [6.07, 6.45) is 3.34. The minimum absolute atomic E-state index is 0.0166. The number of ether oxygens (including phenoxy) is 1. The lowest BCUT2D eigenvalue weighted by Crippen LogP contribution is -2.47. The van der Waals surface area contributed by atoms with Gasteiger partial charge in [-0.25, -0.2) is 15.0 Å². The van der Waals surface area contributed by atoms with Crippen LogP contribution in [0.25, 0.3) is 10.8 Å². The fraction of sp³-hybridized carbons (Fsp3) is 0.429. The zero-order chi connectivity index (χ0) is 14.8. The van der Waals surface area contributed by atoms with Gasteiger partial charge in [0.1, 0.15) is 4.88 Å². The van der Waals surface area contributed by atoms with Gasteiger partial charge in [0, 0.05) is 18.9 Å². The highest BCUT2D eigenvalue weighted by Gasteiger charge is 2.28. The van der Waals surface area contributed by atoms with E-state index in [2.05, 4.69) is 15.0 Å². The summed E-state index contributed by atoms with van der Waals surface area (Å²) < 4.78 is 5.38. The highest BCUT2D eigenvalue weighted by atomic mass is 32.1. The number of aromatic nitrogens is 3.